The Balaban J connectivity index is 1.61. The molecule has 2 atom stereocenters. The first-order valence-electron chi connectivity index (χ1n) is 11.4. The number of benzene rings is 1. The van der Waals surface area contributed by atoms with Crippen LogP contribution in [0.2, 0.25) is 0 Å². The van der Waals surface area contributed by atoms with E-state index >= 15 is 0 Å². The van der Waals surface area contributed by atoms with Gasteiger partial charge in [0.25, 0.3) is 0 Å². The summed E-state index contributed by atoms with van der Waals surface area (Å²) in [6, 6.07) is 20.9. The van der Waals surface area contributed by atoms with Gasteiger partial charge >= 0.3 is 0 Å². The molecule has 4 aromatic rings. The Bertz CT molecular complexity index is 1250. The van der Waals surface area contributed by atoms with Crippen LogP contribution in [-0.2, 0) is 13.0 Å². The number of pyridine rings is 1. The van der Waals surface area contributed by atoms with Gasteiger partial charge in [0, 0.05) is 23.3 Å². The minimum absolute atomic E-state index is 0.0172. The molecular formula is C27H28N4OS. The Kier molecular flexibility index (Phi) is 5.77. The normalized spacial score (nSPS) is 18.0. The minimum atomic E-state index is -0.0536. The zero-order valence-electron chi connectivity index (χ0n) is 19.2. The van der Waals surface area contributed by atoms with Crippen molar-refractivity contribution in [2.45, 2.75) is 45.8 Å². The maximum Gasteiger partial charge on any atom is 0.174 e. The number of nitrogens with one attached hydrogen (secondary N) is 1. The SMILES string of the molecule is CCc1ccc(N2C(=S)NC(c3ccccn3)C2c2cc(C)n(Cc3ccco3)c2C)cc1. The lowest BCUT2D eigenvalue weighted by molar-refractivity contribution is 0.488. The summed E-state index contributed by atoms with van der Waals surface area (Å²) in [5, 5.41) is 4.28. The highest BCUT2D eigenvalue weighted by molar-refractivity contribution is 7.80. The van der Waals surface area contributed by atoms with Crippen LogP contribution in [0.25, 0.3) is 0 Å². The number of aromatic nitrogens is 2. The van der Waals surface area contributed by atoms with E-state index in [4.69, 9.17) is 16.6 Å². The summed E-state index contributed by atoms with van der Waals surface area (Å²) in [5.74, 6) is 0.941. The largest absolute Gasteiger partial charge is 0.467 e. The first kappa shape index (κ1) is 21.5. The summed E-state index contributed by atoms with van der Waals surface area (Å²) in [6.45, 7) is 7.20. The number of rotatable bonds is 6. The maximum absolute atomic E-state index is 5.88. The van der Waals surface area contributed by atoms with Crippen molar-refractivity contribution < 1.29 is 4.42 Å². The van der Waals surface area contributed by atoms with Gasteiger partial charge in [-0.05, 0) is 86.1 Å². The molecule has 1 fully saturated rings. The van der Waals surface area contributed by atoms with Crippen LogP contribution in [-0.4, -0.2) is 14.7 Å². The second-order valence-corrected chi connectivity index (χ2v) is 8.90. The molecule has 1 aliphatic heterocycles. The number of thiocarbonyl (C=S) groups is 1. The summed E-state index contributed by atoms with van der Waals surface area (Å²) in [4.78, 5) is 6.92. The molecule has 0 saturated carbocycles. The molecule has 0 bridgehead atoms. The first-order chi connectivity index (χ1) is 16.1. The van der Waals surface area contributed by atoms with Crippen LogP contribution < -0.4 is 10.2 Å². The highest BCUT2D eigenvalue weighted by Crippen LogP contribution is 2.43. The van der Waals surface area contributed by atoms with E-state index in [9.17, 15) is 0 Å². The average molecular weight is 457 g/mol. The number of hydrogen-bond acceptors (Lipinski definition) is 3. The van der Waals surface area contributed by atoms with E-state index < -0.39 is 0 Å². The summed E-state index contributed by atoms with van der Waals surface area (Å²) in [5.41, 5.74) is 7.01. The zero-order chi connectivity index (χ0) is 22.9. The molecule has 0 radical (unpaired) electrons. The van der Waals surface area contributed by atoms with Gasteiger partial charge in [-0.2, -0.15) is 0 Å². The molecule has 1 aliphatic rings. The van der Waals surface area contributed by atoms with Crippen molar-refractivity contribution in [1.82, 2.24) is 14.9 Å². The van der Waals surface area contributed by atoms with Gasteiger partial charge in [-0.15, -0.1) is 0 Å². The predicted molar refractivity (Wildman–Crippen MR) is 135 cm³/mol. The third-order valence-electron chi connectivity index (χ3n) is 6.55. The van der Waals surface area contributed by atoms with Crippen molar-refractivity contribution in [2.24, 2.45) is 0 Å². The first-order valence-corrected chi connectivity index (χ1v) is 11.8. The van der Waals surface area contributed by atoms with E-state index in [1.807, 2.05) is 30.5 Å². The zero-order valence-corrected chi connectivity index (χ0v) is 20.0. The number of furan rings is 1. The number of anilines is 1. The van der Waals surface area contributed by atoms with Crippen molar-refractivity contribution >= 4 is 23.0 Å². The van der Waals surface area contributed by atoms with Crippen LogP contribution in [0, 0.1) is 13.8 Å². The summed E-state index contributed by atoms with van der Waals surface area (Å²) < 4.78 is 7.94. The van der Waals surface area contributed by atoms with Gasteiger partial charge < -0.3 is 19.2 Å². The Morgan fingerprint density at radius 3 is 2.55 bits per heavy atom. The lowest BCUT2D eigenvalue weighted by Gasteiger charge is -2.28. The Morgan fingerprint density at radius 1 is 1.06 bits per heavy atom. The number of aryl methyl sites for hydroxylation is 2. The fraction of sp³-hybridized carbons (Fsp3) is 0.259. The average Bonchev–Trinajstić information content (AvgIpc) is 3.54. The van der Waals surface area contributed by atoms with Crippen LogP contribution in [0.4, 0.5) is 5.69 Å². The molecule has 0 aliphatic carbocycles. The molecule has 6 heteroatoms. The van der Waals surface area contributed by atoms with Crippen LogP contribution in [0.1, 0.15) is 53.0 Å². The van der Waals surface area contributed by atoms with Gasteiger partial charge in [-0.25, -0.2) is 0 Å². The second-order valence-electron chi connectivity index (χ2n) is 8.51. The molecule has 33 heavy (non-hydrogen) atoms. The molecule has 0 spiro atoms. The van der Waals surface area contributed by atoms with E-state index in [1.54, 1.807) is 6.26 Å². The van der Waals surface area contributed by atoms with Gasteiger partial charge in [0.1, 0.15) is 5.76 Å². The third kappa shape index (κ3) is 3.95. The van der Waals surface area contributed by atoms with Gasteiger partial charge in [0.05, 0.1) is 30.6 Å². The highest BCUT2D eigenvalue weighted by Gasteiger charge is 2.42. The molecule has 1 aromatic carbocycles. The van der Waals surface area contributed by atoms with Gasteiger partial charge in [0.2, 0.25) is 0 Å². The molecular weight excluding hydrogens is 428 g/mol. The standard InChI is InChI=1S/C27H28N4OS/c1-4-20-10-12-21(13-11-20)31-26(25(29-27(31)33)24-9-5-6-14-28-24)23-16-18(2)30(19(23)3)17-22-8-7-15-32-22/h5-16,25-26H,4,17H2,1-3H3,(H,29,33). The monoisotopic (exact) mass is 456 g/mol. The minimum Gasteiger partial charge on any atom is -0.467 e. The van der Waals surface area contributed by atoms with Gasteiger partial charge in [0.15, 0.2) is 5.11 Å². The van der Waals surface area contributed by atoms with E-state index in [-0.39, 0.29) is 12.1 Å². The van der Waals surface area contributed by atoms with Gasteiger partial charge in [-0.3, -0.25) is 4.98 Å². The van der Waals surface area contributed by atoms with E-state index in [0.29, 0.717) is 6.54 Å². The fourth-order valence-corrected chi connectivity index (χ4v) is 5.12. The second kappa shape index (κ2) is 8.87. The summed E-state index contributed by atoms with van der Waals surface area (Å²) in [6.07, 6.45) is 4.58. The van der Waals surface area contributed by atoms with E-state index in [1.165, 1.54) is 22.5 Å². The van der Waals surface area contributed by atoms with Crippen LogP contribution in [0.15, 0.2) is 77.5 Å². The van der Waals surface area contributed by atoms with Crippen molar-refractivity contribution in [2.75, 3.05) is 4.90 Å². The molecule has 1 N–H and O–H groups in total. The topological polar surface area (TPSA) is 46.2 Å². The van der Waals surface area contributed by atoms with Gasteiger partial charge in [-0.1, -0.05) is 25.1 Å². The molecule has 168 valence electrons. The third-order valence-corrected chi connectivity index (χ3v) is 6.86. The molecule has 5 nitrogen and oxygen atoms in total. The smallest absolute Gasteiger partial charge is 0.174 e. The van der Waals surface area contributed by atoms with Crippen molar-refractivity contribution in [3.63, 3.8) is 0 Å². The van der Waals surface area contributed by atoms with Crippen molar-refractivity contribution in [1.29, 1.82) is 0 Å². The van der Waals surface area contributed by atoms with E-state index in [2.05, 4.69) is 76.9 Å². The molecule has 1 saturated heterocycles. The molecule has 3 aromatic heterocycles. The quantitative estimate of drug-likeness (QED) is 0.367. The van der Waals surface area contributed by atoms with E-state index in [0.717, 1.165) is 28.7 Å². The summed E-state index contributed by atoms with van der Waals surface area (Å²) in [7, 11) is 0. The van der Waals surface area contributed by atoms with Crippen LogP contribution >= 0.6 is 12.2 Å². The van der Waals surface area contributed by atoms with Crippen LogP contribution in [0.5, 0.6) is 0 Å². The highest BCUT2D eigenvalue weighted by atomic mass is 32.1. The molecule has 2 unspecified atom stereocenters. The molecule has 5 rings (SSSR count). The number of nitrogens with zero attached hydrogens (tertiary/aromatic N) is 3. The summed E-state index contributed by atoms with van der Waals surface area (Å²) >= 11 is 5.88. The van der Waals surface area contributed by atoms with Crippen LogP contribution in [0.3, 0.4) is 0 Å². The predicted octanol–water partition coefficient (Wildman–Crippen LogP) is 5.88. The Morgan fingerprint density at radius 2 is 1.88 bits per heavy atom. The Hall–Kier alpha value is -3.38. The maximum atomic E-state index is 5.88. The number of hydrogen-bond donors (Lipinski definition) is 1. The molecule has 0 amide bonds. The lowest BCUT2D eigenvalue weighted by Crippen LogP contribution is -2.29. The molecule has 4 heterocycles. The fourth-order valence-electron chi connectivity index (χ4n) is 4.77. The lowest BCUT2D eigenvalue weighted by atomic mass is 9.96. The van der Waals surface area contributed by atoms with Crippen molar-refractivity contribution in [3.05, 3.63) is 107 Å². The van der Waals surface area contributed by atoms with Crippen molar-refractivity contribution in [3.8, 4) is 0 Å². The Labute approximate surface area is 200 Å².